The fraction of sp³-hybridized carbons (Fsp3) is 0.571. The summed E-state index contributed by atoms with van der Waals surface area (Å²) >= 11 is 3.73. The van der Waals surface area contributed by atoms with Gasteiger partial charge in [0.1, 0.15) is 10.6 Å². The van der Waals surface area contributed by atoms with Gasteiger partial charge in [-0.2, -0.15) is 16.7 Å². The van der Waals surface area contributed by atoms with Crippen LogP contribution in [0.15, 0.2) is 11.4 Å². The van der Waals surface area contributed by atoms with Gasteiger partial charge in [-0.3, -0.25) is 0 Å². The molecule has 6 heteroatoms. The Labute approximate surface area is 128 Å². The van der Waals surface area contributed by atoms with Crippen molar-refractivity contribution in [3.63, 3.8) is 0 Å². The Kier molecular flexibility index (Phi) is 3.77. The molecule has 2 aromatic heterocycles. The average Bonchev–Trinajstić information content (AvgIpc) is 2.85. The molecule has 4 nitrogen and oxygen atoms in total. The standard InChI is InChI=1S/C14H20N4S2/c1-4-15-13-16-11(10-5-7-19-12(10)17-13)18-6-8-20-14(2,3)9-18/h5,7H,4,6,8-9H2,1-3H3,(H,15,16,17). The van der Waals surface area contributed by atoms with E-state index in [1.165, 1.54) is 5.39 Å². The highest BCUT2D eigenvalue weighted by molar-refractivity contribution is 8.00. The van der Waals surface area contributed by atoms with Crippen LogP contribution in [0.5, 0.6) is 0 Å². The van der Waals surface area contributed by atoms with Crippen molar-refractivity contribution in [3.05, 3.63) is 11.4 Å². The largest absolute Gasteiger partial charge is 0.354 e. The van der Waals surface area contributed by atoms with Crippen molar-refractivity contribution in [1.82, 2.24) is 9.97 Å². The van der Waals surface area contributed by atoms with Crippen LogP contribution < -0.4 is 10.2 Å². The first-order valence-electron chi connectivity index (χ1n) is 6.97. The van der Waals surface area contributed by atoms with Crippen LogP contribution in [0.3, 0.4) is 0 Å². The molecule has 0 atom stereocenters. The summed E-state index contributed by atoms with van der Waals surface area (Å²) in [5.41, 5.74) is 0. The van der Waals surface area contributed by atoms with Crippen LogP contribution in [-0.4, -0.2) is 40.1 Å². The van der Waals surface area contributed by atoms with Crippen molar-refractivity contribution in [3.8, 4) is 0 Å². The molecule has 0 unspecified atom stereocenters. The van der Waals surface area contributed by atoms with Crippen molar-refractivity contribution in [2.75, 3.05) is 35.6 Å². The van der Waals surface area contributed by atoms with E-state index in [4.69, 9.17) is 4.98 Å². The third-order valence-corrected chi connectivity index (χ3v) is 5.47. The predicted molar refractivity (Wildman–Crippen MR) is 90.3 cm³/mol. The minimum absolute atomic E-state index is 0.282. The van der Waals surface area contributed by atoms with Crippen molar-refractivity contribution >= 4 is 45.1 Å². The lowest BCUT2D eigenvalue weighted by Crippen LogP contribution is -2.43. The molecule has 0 aromatic carbocycles. The lowest BCUT2D eigenvalue weighted by atomic mass is 10.2. The van der Waals surface area contributed by atoms with Gasteiger partial charge in [0.2, 0.25) is 5.95 Å². The van der Waals surface area contributed by atoms with Gasteiger partial charge >= 0.3 is 0 Å². The molecular weight excluding hydrogens is 288 g/mol. The summed E-state index contributed by atoms with van der Waals surface area (Å²) in [6.07, 6.45) is 0. The third kappa shape index (κ3) is 2.72. The van der Waals surface area contributed by atoms with Crippen LogP contribution in [0.2, 0.25) is 0 Å². The topological polar surface area (TPSA) is 41.1 Å². The monoisotopic (exact) mass is 308 g/mol. The minimum Gasteiger partial charge on any atom is -0.354 e. The maximum absolute atomic E-state index is 4.75. The highest BCUT2D eigenvalue weighted by Gasteiger charge is 2.29. The van der Waals surface area contributed by atoms with Crippen LogP contribution in [0.1, 0.15) is 20.8 Å². The first kappa shape index (κ1) is 13.9. The van der Waals surface area contributed by atoms with Gasteiger partial charge < -0.3 is 10.2 Å². The van der Waals surface area contributed by atoms with Crippen LogP contribution in [0.4, 0.5) is 11.8 Å². The molecule has 0 aliphatic carbocycles. The quantitative estimate of drug-likeness (QED) is 0.940. The summed E-state index contributed by atoms with van der Waals surface area (Å²) in [5, 5.41) is 6.52. The molecule has 3 heterocycles. The van der Waals surface area contributed by atoms with E-state index in [2.05, 4.69) is 47.4 Å². The highest BCUT2D eigenvalue weighted by Crippen LogP contribution is 2.35. The zero-order valence-electron chi connectivity index (χ0n) is 12.1. The predicted octanol–water partition coefficient (Wildman–Crippen LogP) is 3.45. The second-order valence-corrected chi connectivity index (χ2v) is 8.27. The van der Waals surface area contributed by atoms with Crippen molar-refractivity contribution in [2.45, 2.75) is 25.5 Å². The lowest BCUT2D eigenvalue weighted by Gasteiger charge is -2.38. The van der Waals surface area contributed by atoms with Gasteiger partial charge in [-0.05, 0) is 32.2 Å². The Bertz CT molecular complexity index is 608. The maximum Gasteiger partial charge on any atom is 0.226 e. The van der Waals surface area contributed by atoms with Gasteiger partial charge in [0.05, 0.1) is 5.39 Å². The SMILES string of the molecule is CCNc1nc(N2CCSC(C)(C)C2)c2ccsc2n1. The van der Waals surface area contributed by atoms with Crippen molar-refractivity contribution < 1.29 is 0 Å². The highest BCUT2D eigenvalue weighted by atomic mass is 32.2. The van der Waals surface area contributed by atoms with Crippen molar-refractivity contribution in [1.29, 1.82) is 0 Å². The zero-order valence-corrected chi connectivity index (χ0v) is 13.8. The molecule has 1 fully saturated rings. The zero-order chi connectivity index (χ0) is 14.2. The van der Waals surface area contributed by atoms with Crippen molar-refractivity contribution in [2.24, 2.45) is 0 Å². The van der Waals surface area contributed by atoms with Gasteiger partial charge in [-0.1, -0.05) is 0 Å². The van der Waals surface area contributed by atoms with E-state index in [0.29, 0.717) is 0 Å². The molecule has 0 bridgehead atoms. The molecule has 0 saturated carbocycles. The van der Waals surface area contributed by atoms with Crippen LogP contribution in [0.25, 0.3) is 10.2 Å². The van der Waals surface area contributed by atoms with Gasteiger partial charge in [0.25, 0.3) is 0 Å². The molecule has 1 aliphatic heterocycles. The fourth-order valence-electron chi connectivity index (χ4n) is 2.52. The summed E-state index contributed by atoms with van der Waals surface area (Å²) in [5.74, 6) is 2.98. The molecule has 1 saturated heterocycles. The number of thioether (sulfide) groups is 1. The summed E-state index contributed by atoms with van der Waals surface area (Å²) in [7, 11) is 0. The number of aromatic nitrogens is 2. The Balaban J connectivity index is 2.02. The van der Waals surface area contributed by atoms with E-state index in [1.807, 2.05) is 11.8 Å². The molecule has 0 spiro atoms. The number of rotatable bonds is 3. The third-order valence-electron chi connectivity index (χ3n) is 3.37. The molecule has 3 rings (SSSR count). The van der Waals surface area contributed by atoms with E-state index in [0.717, 1.165) is 42.0 Å². The number of hydrogen-bond acceptors (Lipinski definition) is 6. The molecule has 0 radical (unpaired) electrons. The molecule has 2 aromatic rings. The smallest absolute Gasteiger partial charge is 0.226 e. The van der Waals surface area contributed by atoms with Gasteiger partial charge in [-0.15, -0.1) is 11.3 Å². The normalized spacial score (nSPS) is 18.4. The number of nitrogens with one attached hydrogen (secondary N) is 1. The summed E-state index contributed by atoms with van der Waals surface area (Å²) in [4.78, 5) is 12.8. The second-order valence-electron chi connectivity index (χ2n) is 5.57. The number of nitrogens with zero attached hydrogens (tertiary/aromatic N) is 3. The Morgan fingerprint density at radius 2 is 2.25 bits per heavy atom. The first-order valence-corrected chi connectivity index (χ1v) is 8.83. The van der Waals surface area contributed by atoms with Gasteiger partial charge in [0, 0.05) is 30.1 Å². The summed E-state index contributed by atoms with van der Waals surface area (Å²) in [6, 6.07) is 2.14. The van der Waals surface area contributed by atoms with E-state index >= 15 is 0 Å². The number of hydrogen-bond donors (Lipinski definition) is 1. The first-order chi connectivity index (χ1) is 9.59. The van der Waals surface area contributed by atoms with Crippen LogP contribution in [-0.2, 0) is 0 Å². The Morgan fingerprint density at radius 3 is 3.00 bits per heavy atom. The molecule has 108 valence electrons. The molecule has 1 N–H and O–H groups in total. The molecule has 0 amide bonds. The molecule has 1 aliphatic rings. The Morgan fingerprint density at radius 1 is 1.40 bits per heavy atom. The maximum atomic E-state index is 4.75. The second kappa shape index (κ2) is 5.41. The van der Waals surface area contributed by atoms with E-state index in [-0.39, 0.29) is 4.75 Å². The van der Waals surface area contributed by atoms with Crippen LogP contribution >= 0.6 is 23.1 Å². The summed E-state index contributed by atoms with van der Waals surface area (Å²) in [6.45, 7) is 9.62. The van der Waals surface area contributed by atoms with E-state index in [9.17, 15) is 0 Å². The molecule has 20 heavy (non-hydrogen) atoms. The molecular formula is C14H20N4S2. The fourth-order valence-corrected chi connectivity index (χ4v) is 4.39. The minimum atomic E-state index is 0.282. The number of thiophene rings is 1. The van der Waals surface area contributed by atoms with Gasteiger partial charge in [-0.25, -0.2) is 4.98 Å². The number of anilines is 2. The number of fused-ring (bicyclic) bond motifs is 1. The van der Waals surface area contributed by atoms with E-state index < -0.39 is 0 Å². The average molecular weight is 308 g/mol. The summed E-state index contributed by atoms with van der Waals surface area (Å²) < 4.78 is 0.282. The van der Waals surface area contributed by atoms with E-state index in [1.54, 1.807) is 11.3 Å². The van der Waals surface area contributed by atoms with Crippen LogP contribution in [0, 0.1) is 0 Å². The lowest BCUT2D eigenvalue weighted by molar-refractivity contribution is 0.644. The van der Waals surface area contributed by atoms with Gasteiger partial charge in [0.15, 0.2) is 0 Å². The Hall–Kier alpha value is -1.01.